The van der Waals surface area contributed by atoms with E-state index < -0.39 is 0 Å². The molecule has 28 heavy (non-hydrogen) atoms. The van der Waals surface area contributed by atoms with Gasteiger partial charge in [0, 0.05) is 4.88 Å². The molecule has 3 heterocycles. The van der Waals surface area contributed by atoms with Crippen LogP contribution in [0.15, 0.2) is 29.4 Å². The fourth-order valence-corrected chi connectivity index (χ4v) is 4.67. The monoisotopic (exact) mass is 416 g/mol. The van der Waals surface area contributed by atoms with E-state index in [1.807, 2.05) is 38.1 Å². The number of amides is 1. The molecule has 0 spiro atoms. The van der Waals surface area contributed by atoms with E-state index in [2.05, 4.69) is 15.3 Å². The molecule has 0 aliphatic carbocycles. The lowest BCUT2D eigenvalue weighted by Gasteiger charge is -2.26. The van der Waals surface area contributed by atoms with Crippen LogP contribution in [0.5, 0.6) is 11.5 Å². The third kappa shape index (κ3) is 3.85. The van der Waals surface area contributed by atoms with Crippen LogP contribution in [0.2, 0.25) is 0 Å². The van der Waals surface area contributed by atoms with Gasteiger partial charge in [-0.05, 0) is 31.5 Å². The highest BCUT2D eigenvalue weighted by Gasteiger charge is 2.21. The maximum Gasteiger partial charge on any atom is 0.230 e. The number of benzene rings is 1. The third-order valence-corrected chi connectivity index (χ3v) is 6.41. The van der Waals surface area contributed by atoms with Crippen molar-refractivity contribution >= 4 is 45.0 Å². The van der Waals surface area contributed by atoms with Gasteiger partial charge in [0.2, 0.25) is 5.91 Å². The van der Waals surface area contributed by atoms with Crippen LogP contribution in [0, 0.1) is 13.8 Å². The number of rotatable bonds is 5. The zero-order valence-electron chi connectivity index (χ0n) is 15.5. The topological polar surface area (TPSA) is 99.4 Å². The number of carbonyl (C=O) groups excluding carboxylic acids is 1. The molecular formula is C19H20N4O3S2. The quantitative estimate of drug-likeness (QED) is 0.487. The second kappa shape index (κ2) is 7.84. The van der Waals surface area contributed by atoms with E-state index in [1.54, 1.807) is 11.3 Å². The van der Waals surface area contributed by atoms with E-state index in [1.165, 1.54) is 16.6 Å². The molecule has 1 aliphatic rings. The smallest absolute Gasteiger partial charge is 0.230 e. The Labute approximate surface area is 170 Å². The fraction of sp³-hybridized carbons (Fsp3) is 0.316. The Morgan fingerprint density at radius 2 is 2.11 bits per heavy atom. The highest BCUT2D eigenvalue weighted by molar-refractivity contribution is 7.99. The first-order chi connectivity index (χ1) is 13.5. The number of nitrogens with one attached hydrogen (secondary N) is 1. The molecular weight excluding hydrogens is 396 g/mol. The Bertz CT molecular complexity index is 1040. The van der Waals surface area contributed by atoms with E-state index in [0.29, 0.717) is 29.9 Å². The molecule has 9 heteroatoms. The molecule has 0 saturated carbocycles. The number of carbonyl (C=O) groups is 1. The van der Waals surface area contributed by atoms with E-state index in [9.17, 15) is 4.79 Å². The van der Waals surface area contributed by atoms with Gasteiger partial charge in [-0.15, -0.1) is 11.3 Å². The number of anilines is 1. The Morgan fingerprint density at radius 1 is 1.32 bits per heavy atom. The summed E-state index contributed by atoms with van der Waals surface area (Å²) in [5.41, 5.74) is 7.20. The van der Waals surface area contributed by atoms with Crippen LogP contribution in [0.3, 0.4) is 0 Å². The third-order valence-electron chi connectivity index (χ3n) is 4.46. The van der Waals surface area contributed by atoms with Crippen LogP contribution < -0.4 is 20.5 Å². The molecule has 7 nitrogen and oxygen atoms in total. The average Bonchev–Trinajstić information content (AvgIpc) is 2.98. The Kier molecular flexibility index (Phi) is 5.27. The zero-order valence-corrected chi connectivity index (χ0v) is 17.2. The van der Waals surface area contributed by atoms with Crippen molar-refractivity contribution in [1.82, 2.24) is 15.3 Å². The molecule has 1 aliphatic heterocycles. The lowest BCUT2D eigenvalue weighted by molar-refractivity contribution is -0.119. The van der Waals surface area contributed by atoms with Crippen LogP contribution in [0.25, 0.3) is 10.2 Å². The van der Waals surface area contributed by atoms with Crippen LogP contribution in [-0.4, -0.2) is 40.9 Å². The molecule has 1 unspecified atom stereocenters. The Morgan fingerprint density at radius 3 is 2.93 bits per heavy atom. The van der Waals surface area contributed by atoms with Crippen molar-refractivity contribution < 1.29 is 14.3 Å². The molecule has 0 fully saturated rings. The number of nitrogen functional groups attached to an aromatic ring is 1. The van der Waals surface area contributed by atoms with Crippen LogP contribution >= 0.6 is 23.1 Å². The second-order valence-corrected chi connectivity index (χ2v) is 8.59. The molecule has 3 aromatic rings. The van der Waals surface area contributed by atoms with Crippen molar-refractivity contribution in [1.29, 1.82) is 0 Å². The first kappa shape index (κ1) is 18.8. The van der Waals surface area contributed by atoms with Crippen LogP contribution in [0.1, 0.15) is 10.4 Å². The number of ether oxygens (including phenoxy) is 2. The van der Waals surface area contributed by atoms with Crippen molar-refractivity contribution in [2.24, 2.45) is 0 Å². The predicted octanol–water partition coefficient (Wildman–Crippen LogP) is 2.94. The van der Waals surface area contributed by atoms with Gasteiger partial charge in [0.15, 0.2) is 16.7 Å². The van der Waals surface area contributed by atoms with Gasteiger partial charge in [-0.3, -0.25) is 4.79 Å². The predicted molar refractivity (Wildman–Crippen MR) is 111 cm³/mol. The van der Waals surface area contributed by atoms with Crippen LogP contribution in [-0.2, 0) is 4.79 Å². The Balaban J connectivity index is 1.31. The number of thioether (sulfide) groups is 1. The summed E-state index contributed by atoms with van der Waals surface area (Å²) < 4.78 is 11.5. The maximum absolute atomic E-state index is 12.2. The van der Waals surface area contributed by atoms with Crippen molar-refractivity contribution in [2.45, 2.75) is 25.1 Å². The van der Waals surface area contributed by atoms with Gasteiger partial charge in [0.25, 0.3) is 0 Å². The molecule has 146 valence electrons. The number of thiophene rings is 1. The molecule has 4 rings (SSSR count). The van der Waals surface area contributed by atoms with Crippen molar-refractivity contribution in [3.63, 3.8) is 0 Å². The average molecular weight is 417 g/mol. The minimum atomic E-state index is -0.218. The minimum Gasteiger partial charge on any atom is -0.486 e. The molecule has 1 aromatic carbocycles. The summed E-state index contributed by atoms with van der Waals surface area (Å²) in [6, 6.07) is 7.50. The normalized spacial score (nSPS) is 15.6. The molecule has 0 bridgehead atoms. The maximum atomic E-state index is 12.2. The summed E-state index contributed by atoms with van der Waals surface area (Å²) >= 11 is 2.86. The number of fused-ring (bicyclic) bond motifs is 2. The summed E-state index contributed by atoms with van der Waals surface area (Å²) in [4.78, 5) is 23.1. The zero-order chi connectivity index (χ0) is 19.7. The first-order valence-electron chi connectivity index (χ1n) is 8.82. The van der Waals surface area contributed by atoms with E-state index in [4.69, 9.17) is 15.2 Å². The molecule has 1 atom stereocenters. The Hall–Kier alpha value is -2.52. The summed E-state index contributed by atoms with van der Waals surface area (Å²) in [6.45, 7) is 4.83. The summed E-state index contributed by atoms with van der Waals surface area (Å²) in [7, 11) is 0. The molecule has 0 saturated heterocycles. The summed E-state index contributed by atoms with van der Waals surface area (Å²) in [5, 5.41) is 4.28. The minimum absolute atomic E-state index is 0.117. The number of hydrogen-bond donors (Lipinski definition) is 2. The summed E-state index contributed by atoms with van der Waals surface area (Å²) in [6.07, 6.45) is -0.218. The molecule has 3 N–H and O–H groups in total. The van der Waals surface area contributed by atoms with E-state index in [-0.39, 0.29) is 17.8 Å². The standard InChI is InChI=1S/C19H20N4O3S2/c1-10-11(2)28-18-16(10)17(20)22-19(23-18)27-9-15(24)21-7-12-8-25-13-5-3-4-6-14(13)26-12/h3-6,12H,7-9H2,1-2H3,(H,21,24)(H2,20,22,23). The molecule has 2 aromatic heterocycles. The SMILES string of the molecule is Cc1sc2nc(SCC(=O)NCC3COc4ccccc4O3)nc(N)c2c1C. The van der Waals surface area contributed by atoms with Crippen molar-refractivity contribution in [2.75, 3.05) is 24.6 Å². The second-order valence-electron chi connectivity index (χ2n) is 6.45. The largest absolute Gasteiger partial charge is 0.486 e. The van der Waals surface area contributed by atoms with Gasteiger partial charge in [0.05, 0.1) is 17.7 Å². The van der Waals surface area contributed by atoms with Crippen LogP contribution in [0.4, 0.5) is 5.82 Å². The van der Waals surface area contributed by atoms with Gasteiger partial charge in [-0.2, -0.15) is 0 Å². The lowest BCUT2D eigenvalue weighted by atomic mass is 10.2. The number of hydrogen-bond acceptors (Lipinski definition) is 8. The van der Waals surface area contributed by atoms with Gasteiger partial charge < -0.3 is 20.5 Å². The van der Waals surface area contributed by atoms with Gasteiger partial charge in [-0.25, -0.2) is 9.97 Å². The number of nitrogens with two attached hydrogens (primary N) is 1. The number of nitrogens with zero attached hydrogens (tertiary/aromatic N) is 2. The molecule has 0 radical (unpaired) electrons. The van der Waals surface area contributed by atoms with E-state index >= 15 is 0 Å². The van der Waals surface area contributed by atoms with Gasteiger partial charge >= 0.3 is 0 Å². The molecule has 1 amide bonds. The highest BCUT2D eigenvalue weighted by atomic mass is 32.2. The van der Waals surface area contributed by atoms with Crippen molar-refractivity contribution in [3.8, 4) is 11.5 Å². The van der Waals surface area contributed by atoms with E-state index in [0.717, 1.165) is 21.5 Å². The highest BCUT2D eigenvalue weighted by Crippen LogP contribution is 2.33. The number of aryl methyl sites for hydroxylation is 2. The summed E-state index contributed by atoms with van der Waals surface area (Å²) in [5.74, 6) is 1.97. The number of aromatic nitrogens is 2. The van der Waals surface area contributed by atoms with Gasteiger partial charge in [0.1, 0.15) is 23.4 Å². The first-order valence-corrected chi connectivity index (χ1v) is 10.6. The van der Waals surface area contributed by atoms with Gasteiger partial charge in [-0.1, -0.05) is 23.9 Å². The number of para-hydroxylation sites is 2. The fourth-order valence-electron chi connectivity index (χ4n) is 2.90. The lowest BCUT2D eigenvalue weighted by Crippen LogP contribution is -2.41. The van der Waals surface area contributed by atoms with Crippen molar-refractivity contribution in [3.05, 3.63) is 34.7 Å².